The minimum absolute atomic E-state index is 0.0355. The molecule has 6 heteroatoms. The van der Waals surface area contributed by atoms with Crippen molar-refractivity contribution in [3.63, 3.8) is 0 Å². The summed E-state index contributed by atoms with van der Waals surface area (Å²) in [5.41, 5.74) is 1.44. The lowest BCUT2D eigenvalue weighted by atomic mass is 10.0. The zero-order chi connectivity index (χ0) is 13.7. The topological polar surface area (TPSA) is 37.8 Å². The molecule has 2 aromatic rings. The molecule has 0 aliphatic heterocycles. The van der Waals surface area contributed by atoms with Gasteiger partial charge in [-0.15, -0.1) is 0 Å². The van der Waals surface area contributed by atoms with E-state index < -0.39 is 0 Å². The van der Waals surface area contributed by atoms with E-state index in [1.807, 2.05) is 0 Å². The van der Waals surface area contributed by atoms with E-state index in [4.69, 9.17) is 11.6 Å². The Hall–Kier alpha value is -1.04. The molecular formula is C13H15ClFN3S. The van der Waals surface area contributed by atoms with Crippen molar-refractivity contribution < 1.29 is 4.39 Å². The molecule has 1 N–H and O–H groups in total. The molecule has 1 heterocycles. The van der Waals surface area contributed by atoms with Gasteiger partial charge in [-0.25, -0.2) is 4.39 Å². The lowest BCUT2D eigenvalue weighted by Crippen LogP contribution is -2.24. The molecule has 0 amide bonds. The maximum atomic E-state index is 13.9. The molecule has 1 aromatic heterocycles. The summed E-state index contributed by atoms with van der Waals surface area (Å²) < 4.78 is 22.2. The van der Waals surface area contributed by atoms with Gasteiger partial charge in [0.25, 0.3) is 0 Å². The second kappa shape index (κ2) is 6.93. The Bertz CT molecular complexity index is 519. The van der Waals surface area contributed by atoms with E-state index in [-0.39, 0.29) is 16.9 Å². The van der Waals surface area contributed by atoms with Crippen LogP contribution in [0.25, 0.3) is 0 Å². The van der Waals surface area contributed by atoms with Crippen molar-refractivity contribution >= 4 is 23.3 Å². The third-order valence-electron chi connectivity index (χ3n) is 2.83. The van der Waals surface area contributed by atoms with E-state index >= 15 is 0 Å². The van der Waals surface area contributed by atoms with E-state index in [9.17, 15) is 4.39 Å². The Morgan fingerprint density at radius 1 is 1.47 bits per heavy atom. The van der Waals surface area contributed by atoms with Crippen LogP contribution in [0, 0.1) is 5.82 Å². The summed E-state index contributed by atoms with van der Waals surface area (Å²) in [6.07, 6.45) is 3.24. The molecule has 0 radical (unpaired) electrons. The number of hydrogen-bond acceptors (Lipinski definition) is 4. The fraction of sp³-hybridized carbons (Fsp3) is 0.385. The number of hydrogen-bond donors (Lipinski definition) is 1. The normalized spacial score (nSPS) is 12.6. The molecule has 0 bridgehead atoms. The van der Waals surface area contributed by atoms with Crippen molar-refractivity contribution in [2.45, 2.75) is 25.8 Å². The molecule has 0 spiro atoms. The minimum Gasteiger partial charge on any atom is -0.308 e. The monoisotopic (exact) mass is 299 g/mol. The van der Waals surface area contributed by atoms with Crippen LogP contribution in [0.2, 0.25) is 5.02 Å². The number of rotatable bonds is 6. The van der Waals surface area contributed by atoms with Crippen molar-refractivity contribution in [3.05, 3.63) is 46.5 Å². The van der Waals surface area contributed by atoms with Crippen molar-refractivity contribution in [1.82, 2.24) is 14.1 Å². The van der Waals surface area contributed by atoms with Crippen LogP contribution >= 0.6 is 23.3 Å². The van der Waals surface area contributed by atoms with Crippen LogP contribution in [0.3, 0.4) is 0 Å². The first-order valence-corrected chi connectivity index (χ1v) is 7.27. The molecule has 102 valence electrons. The van der Waals surface area contributed by atoms with E-state index in [0.717, 1.165) is 30.4 Å². The van der Waals surface area contributed by atoms with Crippen LogP contribution in [-0.4, -0.2) is 15.3 Å². The predicted octanol–water partition coefficient (Wildman–Crippen LogP) is 3.61. The smallest absolute Gasteiger partial charge is 0.145 e. The summed E-state index contributed by atoms with van der Waals surface area (Å²) in [7, 11) is 0. The van der Waals surface area contributed by atoms with Gasteiger partial charge in [0.1, 0.15) is 5.82 Å². The summed E-state index contributed by atoms with van der Waals surface area (Å²) in [6, 6.07) is 5.03. The Morgan fingerprint density at radius 2 is 2.32 bits per heavy atom. The SMILES string of the molecule is CCCNC(Cc1cccc(Cl)c1F)c1cnsn1. The predicted molar refractivity (Wildman–Crippen MR) is 76.1 cm³/mol. The van der Waals surface area contributed by atoms with Crippen molar-refractivity contribution in [2.75, 3.05) is 6.54 Å². The van der Waals surface area contributed by atoms with E-state index in [1.54, 1.807) is 24.4 Å². The zero-order valence-electron chi connectivity index (χ0n) is 10.6. The maximum absolute atomic E-state index is 13.9. The summed E-state index contributed by atoms with van der Waals surface area (Å²) in [5, 5.41) is 3.52. The first-order chi connectivity index (χ1) is 9.22. The number of aromatic nitrogens is 2. The molecule has 19 heavy (non-hydrogen) atoms. The van der Waals surface area contributed by atoms with Crippen LogP contribution in [0.15, 0.2) is 24.4 Å². The summed E-state index contributed by atoms with van der Waals surface area (Å²) >= 11 is 6.96. The molecule has 3 nitrogen and oxygen atoms in total. The van der Waals surface area contributed by atoms with Gasteiger partial charge in [-0.2, -0.15) is 8.75 Å². The number of halogens is 2. The fourth-order valence-electron chi connectivity index (χ4n) is 1.85. The molecule has 1 unspecified atom stereocenters. The van der Waals surface area contributed by atoms with Gasteiger partial charge in [0.05, 0.1) is 34.7 Å². The summed E-state index contributed by atoms with van der Waals surface area (Å²) in [5.74, 6) is -0.351. The van der Waals surface area contributed by atoms with Gasteiger partial charge in [-0.3, -0.25) is 0 Å². The Kier molecular flexibility index (Phi) is 5.24. The van der Waals surface area contributed by atoms with Crippen molar-refractivity contribution in [3.8, 4) is 0 Å². The van der Waals surface area contributed by atoms with Crippen LogP contribution in [0.5, 0.6) is 0 Å². The first-order valence-electron chi connectivity index (χ1n) is 6.16. The van der Waals surface area contributed by atoms with Crippen LogP contribution < -0.4 is 5.32 Å². The molecule has 0 saturated heterocycles. The van der Waals surface area contributed by atoms with Crippen LogP contribution in [0.1, 0.15) is 30.6 Å². The Labute approximate surface area is 121 Å². The van der Waals surface area contributed by atoms with Gasteiger partial charge in [0, 0.05) is 0 Å². The number of nitrogens with zero attached hydrogens (tertiary/aromatic N) is 2. The quantitative estimate of drug-likeness (QED) is 0.885. The van der Waals surface area contributed by atoms with E-state index in [0.29, 0.717) is 12.0 Å². The average Bonchev–Trinajstić information content (AvgIpc) is 2.93. The molecule has 0 fully saturated rings. The summed E-state index contributed by atoms with van der Waals surface area (Å²) in [6.45, 7) is 2.94. The fourth-order valence-corrected chi connectivity index (χ4v) is 2.52. The zero-order valence-corrected chi connectivity index (χ0v) is 12.1. The Balaban J connectivity index is 2.18. The average molecular weight is 300 g/mol. The van der Waals surface area contributed by atoms with Gasteiger partial charge >= 0.3 is 0 Å². The van der Waals surface area contributed by atoms with Gasteiger partial charge in [0.15, 0.2) is 0 Å². The third-order valence-corrected chi connectivity index (χ3v) is 3.62. The molecule has 0 aliphatic carbocycles. The molecular weight excluding hydrogens is 285 g/mol. The van der Waals surface area contributed by atoms with E-state index in [2.05, 4.69) is 21.0 Å². The standard InChI is InChI=1S/C13H15ClFN3S/c1-2-6-16-11(12-8-17-19-18-12)7-9-4-3-5-10(14)13(9)15/h3-5,8,11,16H,2,6-7H2,1H3. The van der Waals surface area contributed by atoms with Crippen molar-refractivity contribution in [2.24, 2.45) is 0 Å². The first kappa shape index (κ1) is 14.4. The minimum atomic E-state index is -0.351. The van der Waals surface area contributed by atoms with Gasteiger partial charge in [-0.1, -0.05) is 30.7 Å². The highest BCUT2D eigenvalue weighted by Gasteiger charge is 2.17. The molecule has 2 rings (SSSR count). The van der Waals surface area contributed by atoms with Gasteiger partial charge < -0.3 is 5.32 Å². The summed E-state index contributed by atoms with van der Waals surface area (Å²) in [4.78, 5) is 0. The molecule has 1 aromatic carbocycles. The Morgan fingerprint density at radius 3 is 3.00 bits per heavy atom. The molecule has 1 atom stereocenters. The van der Waals surface area contributed by atoms with E-state index in [1.165, 1.54) is 0 Å². The lowest BCUT2D eigenvalue weighted by molar-refractivity contribution is 0.506. The second-order valence-corrected chi connectivity index (χ2v) is 5.22. The largest absolute Gasteiger partial charge is 0.308 e. The highest BCUT2D eigenvalue weighted by atomic mass is 35.5. The lowest BCUT2D eigenvalue weighted by Gasteiger charge is -2.16. The molecule has 0 aliphatic rings. The van der Waals surface area contributed by atoms with Crippen LogP contribution in [-0.2, 0) is 6.42 Å². The maximum Gasteiger partial charge on any atom is 0.145 e. The van der Waals surface area contributed by atoms with Crippen molar-refractivity contribution in [1.29, 1.82) is 0 Å². The highest BCUT2D eigenvalue weighted by molar-refractivity contribution is 6.99. The van der Waals surface area contributed by atoms with Gasteiger partial charge in [-0.05, 0) is 31.0 Å². The number of nitrogens with one attached hydrogen (secondary N) is 1. The number of benzene rings is 1. The third kappa shape index (κ3) is 3.72. The highest BCUT2D eigenvalue weighted by Crippen LogP contribution is 2.23. The van der Waals surface area contributed by atoms with Gasteiger partial charge in [0.2, 0.25) is 0 Å². The molecule has 0 saturated carbocycles. The van der Waals surface area contributed by atoms with Crippen LogP contribution in [0.4, 0.5) is 4.39 Å². The second-order valence-electron chi connectivity index (χ2n) is 4.26.